The van der Waals surface area contributed by atoms with Crippen molar-refractivity contribution in [3.8, 4) is 0 Å². The van der Waals surface area contributed by atoms with E-state index in [1.54, 1.807) is 12.3 Å². The number of carbonyl (C=O) groups is 1. The summed E-state index contributed by atoms with van der Waals surface area (Å²) in [5.41, 5.74) is 12.1. The largest absolute Gasteiger partial charge is 0.368 e. The second-order valence-electron chi connectivity index (χ2n) is 2.54. The highest BCUT2D eigenvalue weighted by Crippen LogP contribution is 2.24. The van der Waals surface area contributed by atoms with Gasteiger partial charge in [0.25, 0.3) is 0 Å². The topological polar surface area (TPSA) is 80.0 Å². The Hall–Kier alpha value is -1.62. The van der Waals surface area contributed by atoms with Gasteiger partial charge in [0.15, 0.2) is 0 Å². The fourth-order valence-corrected chi connectivity index (χ4v) is 1.18. The van der Waals surface area contributed by atoms with Crippen LogP contribution >= 0.6 is 0 Å². The molecule has 5 nitrogen and oxygen atoms in total. The number of nitrogens with zero attached hydrogens (tertiary/aromatic N) is 1. The molecule has 4 N–H and O–H groups in total. The van der Waals surface area contributed by atoms with E-state index in [0.717, 1.165) is 5.69 Å². The fraction of sp³-hybridized carbons (Fsp3) is 0.143. The van der Waals surface area contributed by atoms with E-state index in [0.29, 0.717) is 5.69 Å². The summed E-state index contributed by atoms with van der Waals surface area (Å²) in [6, 6.07) is 3.11. The smallest absolute Gasteiger partial charge is 0.242 e. The first-order chi connectivity index (χ1) is 5.79. The van der Waals surface area contributed by atoms with E-state index in [2.05, 4.69) is 15.8 Å². The number of hydrazine groups is 1. The third-order valence-electron chi connectivity index (χ3n) is 1.75. The maximum Gasteiger partial charge on any atom is 0.242 e. The van der Waals surface area contributed by atoms with Crippen molar-refractivity contribution in [1.82, 2.24) is 10.4 Å². The van der Waals surface area contributed by atoms with Gasteiger partial charge in [0.2, 0.25) is 5.91 Å². The van der Waals surface area contributed by atoms with Crippen molar-refractivity contribution < 1.29 is 4.79 Å². The zero-order chi connectivity index (χ0) is 8.55. The molecule has 62 valence electrons. The third-order valence-corrected chi connectivity index (χ3v) is 1.75. The number of nitrogens with one attached hydrogen (secondary N) is 2. The van der Waals surface area contributed by atoms with E-state index < -0.39 is 11.9 Å². The number of anilines is 1. The van der Waals surface area contributed by atoms with Crippen molar-refractivity contribution in [3.63, 3.8) is 0 Å². The number of carbonyl (C=O) groups excluding carboxylic acids is 1. The molecule has 0 saturated heterocycles. The molecule has 1 aromatic heterocycles. The van der Waals surface area contributed by atoms with Gasteiger partial charge in [-0.05, 0) is 12.1 Å². The summed E-state index contributed by atoms with van der Waals surface area (Å²) in [6.07, 6.45) is 1.63. The number of nitrogens with two attached hydrogens (primary N) is 1. The molecule has 0 spiro atoms. The number of rotatable bonds is 1. The van der Waals surface area contributed by atoms with Crippen LogP contribution in [-0.4, -0.2) is 10.9 Å². The number of hydrogen-bond acceptors (Lipinski definition) is 4. The Balaban J connectivity index is 2.42. The number of hydrogen-bond donors (Lipinski definition) is 3. The minimum Gasteiger partial charge on any atom is -0.368 e. The number of pyridine rings is 1. The van der Waals surface area contributed by atoms with Gasteiger partial charge in [0, 0.05) is 6.20 Å². The van der Waals surface area contributed by atoms with E-state index in [4.69, 9.17) is 5.73 Å². The number of fused-ring (bicyclic) bond motifs is 1. The van der Waals surface area contributed by atoms with E-state index in [9.17, 15) is 4.79 Å². The van der Waals surface area contributed by atoms with Crippen LogP contribution in [0, 0.1) is 0 Å². The van der Waals surface area contributed by atoms with Crippen LogP contribution in [0.5, 0.6) is 0 Å². The molecular weight excluding hydrogens is 156 g/mol. The van der Waals surface area contributed by atoms with Gasteiger partial charge in [0.05, 0.1) is 11.4 Å². The standard InChI is InChI=1S/C7H8N4O/c8-7(12)6-5-4(10-11-6)2-1-3-9-5/h1-3,6,10-11H,(H2,8,12). The maximum atomic E-state index is 10.8. The van der Waals surface area contributed by atoms with Crippen molar-refractivity contribution in [2.45, 2.75) is 6.04 Å². The molecule has 0 fully saturated rings. The van der Waals surface area contributed by atoms with Crippen LogP contribution in [-0.2, 0) is 4.79 Å². The first-order valence-electron chi connectivity index (χ1n) is 3.55. The second kappa shape index (κ2) is 2.46. The fourth-order valence-electron chi connectivity index (χ4n) is 1.18. The second-order valence-corrected chi connectivity index (χ2v) is 2.54. The van der Waals surface area contributed by atoms with Gasteiger partial charge in [-0.2, -0.15) is 0 Å². The molecule has 0 aromatic carbocycles. The molecule has 1 aliphatic rings. The van der Waals surface area contributed by atoms with Crippen LogP contribution in [0.3, 0.4) is 0 Å². The first-order valence-corrected chi connectivity index (χ1v) is 3.55. The zero-order valence-corrected chi connectivity index (χ0v) is 6.24. The van der Waals surface area contributed by atoms with Gasteiger partial charge in [-0.25, -0.2) is 5.43 Å². The predicted octanol–water partition coefficient (Wildman–Crippen LogP) is -0.462. The molecule has 2 rings (SSSR count). The molecule has 0 bridgehead atoms. The molecule has 1 atom stereocenters. The van der Waals surface area contributed by atoms with Crippen LogP contribution in [0.15, 0.2) is 18.3 Å². The van der Waals surface area contributed by atoms with Crippen molar-refractivity contribution in [3.05, 3.63) is 24.0 Å². The molecule has 2 heterocycles. The average molecular weight is 164 g/mol. The zero-order valence-electron chi connectivity index (χ0n) is 6.24. The summed E-state index contributed by atoms with van der Waals surface area (Å²) < 4.78 is 0. The van der Waals surface area contributed by atoms with Crippen LogP contribution in [0.1, 0.15) is 11.7 Å². The summed E-state index contributed by atoms with van der Waals surface area (Å²) in [5, 5.41) is 0. The summed E-state index contributed by atoms with van der Waals surface area (Å²) in [7, 11) is 0. The maximum absolute atomic E-state index is 10.8. The molecule has 12 heavy (non-hydrogen) atoms. The van der Waals surface area contributed by atoms with Gasteiger partial charge < -0.3 is 11.2 Å². The number of aromatic nitrogens is 1. The summed E-state index contributed by atoms with van der Waals surface area (Å²) in [6.45, 7) is 0. The van der Waals surface area contributed by atoms with E-state index >= 15 is 0 Å². The molecule has 1 amide bonds. The minimum atomic E-state index is -0.513. The van der Waals surface area contributed by atoms with Gasteiger partial charge in [-0.3, -0.25) is 9.78 Å². The molecule has 5 heteroatoms. The minimum absolute atomic E-state index is 0.431. The lowest BCUT2D eigenvalue weighted by Crippen LogP contribution is -2.31. The average Bonchev–Trinajstić information content (AvgIpc) is 2.47. The van der Waals surface area contributed by atoms with Gasteiger partial charge in [-0.15, -0.1) is 0 Å². The predicted molar refractivity (Wildman–Crippen MR) is 42.9 cm³/mol. The van der Waals surface area contributed by atoms with Gasteiger partial charge in [-0.1, -0.05) is 0 Å². The lowest BCUT2D eigenvalue weighted by Gasteiger charge is -2.02. The van der Waals surface area contributed by atoms with Crippen molar-refractivity contribution in [1.29, 1.82) is 0 Å². The van der Waals surface area contributed by atoms with E-state index in [1.807, 2.05) is 6.07 Å². The number of amides is 1. The van der Waals surface area contributed by atoms with Crippen LogP contribution in [0.2, 0.25) is 0 Å². The van der Waals surface area contributed by atoms with Crippen LogP contribution < -0.4 is 16.6 Å². The first kappa shape index (κ1) is 7.05. The Morgan fingerprint density at radius 2 is 2.50 bits per heavy atom. The highest BCUT2D eigenvalue weighted by molar-refractivity contribution is 5.84. The molecule has 0 saturated carbocycles. The Bertz CT molecular complexity index is 325. The quantitative estimate of drug-likeness (QED) is 0.524. The summed E-state index contributed by atoms with van der Waals surface area (Å²) in [5.74, 6) is -0.431. The molecule has 0 radical (unpaired) electrons. The molecule has 1 aromatic rings. The molecular formula is C7H8N4O. The van der Waals surface area contributed by atoms with E-state index in [-0.39, 0.29) is 0 Å². The van der Waals surface area contributed by atoms with Gasteiger partial charge in [0.1, 0.15) is 6.04 Å². The Kier molecular flexibility index (Phi) is 1.44. The Morgan fingerprint density at radius 3 is 3.25 bits per heavy atom. The summed E-state index contributed by atoms with van der Waals surface area (Å²) in [4.78, 5) is 14.9. The van der Waals surface area contributed by atoms with Crippen molar-refractivity contribution in [2.75, 3.05) is 5.43 Å². The van der Waals surface area contributed by atoms with Crippen LogP contribution in [0.4, 0.5) is 5.69 Å². The lowest BCUT2D eigenvalue weighted by molar-refractivity contribution is -0.119. The lowest BCUT2D eigenvalue weighted by atomic mass is 10.2. The van der Waals surface area contributed by atoms with Gasteiger partial charge >= 0.3 is 0 Å². The highest BCUT2D eigenvalue weighted by atomic mass is 16.1. The van der Waals surface area contributed by atoms with Crippen molar-refractivity contribution >= 4 is 11.6 Å². The van der Waals surface area contributed by atoms with E-state index in [1.165, 1.54) is 0 Å². The Labute approximate surface area is 68.9 Å². The SMILES string of the molecule is NC(=O)C1NNc2cccnc21. The molecule has 1 unspecified atom stereocenters. The molecule has 0 aliphatic carbocycles. The summed E-state index contributed by atoms with van der Waals surface area (Å²) >= 11 is 0. The van der Waals surface area contributed by atoms with Crippen molar-refractivity contribution in [2.24, 2.45) is 5.73 Å². The van der Waals surface area contributed by atoms with Crippen LogP contribution in [0.25, 0.3) is 0 Å². The molecule has 1 aliphatic heterocycles. The number of primary amides is 1. The third kappa shape index (κ3) is 0.911. The highest BCUT2D eigenvalue weighted by Gasteiger charge is 2.27. The Morgan fingerprint density at radius 1 is 1.67 bits per heavy atom. The normalized spacial score (nSPS) is 19.8. The monoisotopic (exact) mass is 164 g/mol.